The lowest BCUT2D eigenvalue weighted by molar-refractivity contribution is -0.145. The second-order valence-electron chi connectivity index (χ2n) is 6.85. The van der Waals surface area contributed by atoms with Gasteiger partial charge in [-0.25, -0.2) is 0 Å². The average Bonchev–Trinajstić information content (AvgIpc) is 2.38. The van der Waals surface area contributed by atoms with E-state index in [2.05, 4.69) is 26.1 Å². The summed E-state index contributed by atoms with van der Waals surface area (Å²) < 4.78 is 12.0. The maximum atomic E-state index is 6.60. The van der Waals surface area contributed by atoms with Crippen LogP contribution in [0.1, 0.15) is 59.3 Å². The Kier molecular flexibility index (Phi) is 5.67. The molecule has 0 aromatic carbocycles. The van der Waals surface area contributed by atoms with E-state index in [1.165, 1.54) is 25.7 Å². The molecule has 1 heterocycles. The molecule has 2 rings (SSSR count). The van der Waals surface area contributed by atoms with Crippen LogP contribution in [-0.4, -0.2) is 37.5 Å². The van der Waals surface area contributed by atoms with Crippen molar-refractivity contribution in [2.75, 3.05) is 19.8 Å². The SMILES string of the molecule is CC1CCCC(CNC(C)C)(OC2CCOCC2)C1. The molecule has 0 bridgehead atoms. The zero-order chi connectivity index (χ0) is 13.7. The summed E-state index contributed by atoms with van der Waals surface area (Å²) in [7, 11) is 0. The van der Waals surface area contributed by atoms with Gasteiger partial charge in [0, 0.05) is 25.8 Å². The van der Waals surface area contributed by atoms with Crippen molar-refractivity contribution < 1.29 is 9.47 Å². The Balaban J connectivity index is 1.95. The summed E-state index contributed by atoms with van der Waals surface area (Å²) in [6, 6.07) is 0.535. The summed E-state index contributed by atoms with van der Waals surface area (Å²) in [4.78, 5) is 0. The van der Waals surface area contributed by atoms with Crippen LogP contribution in [0.2, 0.25) is 0 Å². The van der Waals surface area contributed by atoms with E-state index in [0.29, 0.717) is 12.1 Å². The van der Waals surface area contributed by atoms with E-state index in [1.54, 1.807) is 0 Å². The maximum absolute atomic E-state index is 6.60. The summed E-state index contributed by atoms with van der Waals surface area (Å²) in [6.45, 7) is 9.55. The molecular formula is C16H31NO2. The van der Waals surface area contributed by atoms with Gasteiger partial charge in [0.2, 0.25) is 0 Å². The second kappa shape index (κ2) is 7.05. The van der Waals surface area contributed by atoms with Crippen LogP contribution in [0.3, 0.4) is 0 Å². The molecule has 1 saturated carbocycles. The molecule has 2 fully saturated rings. The minimum atomic E-state index is 0.0734. The summed E-state index contributed by atoms with van der Waals surface area (Å²) >= 11 is 0. The molecular weight excluding hydrogens is 238 g/mol. The smallest absolute Gasteiger partial charge is 0.0812 e. The first-order valence-electron chi connectivity index (χ1n) is 8.09. The average molecular weight is 269 g/mol. The molecule has 2 aliphatic rings. The van der Waals surface area contributed by atoms with Gasteiger partial charge in [-0.15, -0.1) is 0 Å². The molecule has 0 radical (unpaired) electrons. The van der Waals surface area contributed by atoms with E-state index in [9.17, 15) is 0 Å². The van der Waals surface area contributed by atoms with Crippen molar-refractivity contribution in [3.05, 3.63) is 0 Å². The van der Waals surface area contributed by atoms with Crippen LogP contribution in [0.25, 0.3) is 0 Å². The molecule has 1 saturated heterocycles. The molecule has 0 aromatic rings. The number of hydrogen-bond acceptors (Lipinski definition) is 3. The van der Waals surface area contributed by atoms with Crippen molar-refractivity contribution in [1.82, 2.24) is 5.32 Å². The van der Waals surface area contributed by atoms with Gasteiger partial charge >= 0.3 is 0 Å². The van der Waals surface area contributed by atoms with E-state index in [1.807, 2.05) is 0 Å². The zero-order valence-corrected chi connectivity index (χ0v) is 12.9. The van der Waals surface area contributed by atoms with Crippen LogP contribution >= 0.6 is 0 Å². The summed E-state index contributed by atoms with van der Waals surface area (Å²) in [5, 5.41) is 3.61. The molecule has 1 aliphatic carbocycles. The highest BCUT2D eigenvalue weighted by Crippen LogP contribution is 2.37. The first-order valence-corrected chi connectivity index (χ1v) is 8.09. The predicted molar refractivity (Wildman–Crippen MR) is 78.4 cm³/mol. The Hall–Kier alpha value is -0.120. The third-order valence-electron chi connectivity index (χ3n) is 4.47. The van der Waals surface area contributed by atoms with Gasteiger partial charge in [-0.3, -0.25) is 0 Å². The van der Waals surface area contributed by atoms with Crippen molar-refractivity contribution in [1.29, 1.82) is 0 Å². The highest BCUT2D eigenvalue weighted by atomic mass is 16.5. The Morgan fingerprint density at radius 3 is 2.63 bits per heavy atom. The van der Waals surface area contributed by atoms with Gasteiger partial charge in [-0.2, -0.15) is 0 Å². The lowest BCUT2D eigenvalue weighted by Crippen LogP contribution is -2.50. The summed E-state index contributed by atoms with van der Waals surface area (Å²) in [6.07, 6.45) is 7.65. The highest BCUT2D eigenvalue weighted by Gasteiger charge is 2.38. The molecule has 0 amide bonds. The maximum Gasteiger partial charge on any atom is 0.0812 e. The topological polar surface area (TPSA) is 30.5 Å². The molecule has 2 atom stereocenters. The Labute approximate surface area is 118 Å². The van der Waals surface area contributed by atoms with Crippen LogP contribution < -0.4 is 5.32 Å². The van der Waals surface area contributed by atoms with Gasteiger partial charge in [0.05, 0.1) is 11.7 Å². The van der Waals surface area contributed by atoms with Crippen molar-refractivity contribution in [2.45, 2.75) is 77.0 Å². The van der Waals surface area contributed by atoms with Crippen LogP contribution in [0.15, 0.2) is 0 Å². The molecule has 0 aromatic heterocycles. The lowest BCUT2D eigenvalue weighted by Gasteiger charge is -2.43. The third kappa shape index (κ3) is 4.73. The van der Waals surface area contributed by atoms with Gasteiger partial charge in [0.1, 0.15) is 0 Å². The van der Waals surface area contributed by atoms with Crippen LogP contribution in [0.4, 0.5) is 0 Å². The first kappa shape index (κ1) is 15.3. The Morgan fingerprint density at radius 2 is 2.00 bits per heavy atom. The van der Waals surface area contributed by atoms with Crippen molar-refractivity contribution >= 4 is 0 Å². The molecule has 0 spiro atoms. The molecule has 19 heavy (non-hydrogen) atoms. The molecule has 1 aliphatic heterocycles. The monoisotopic (exact) mass is 269 g/mol. The van der Waals surface area contributed by atoms with E-state index in [0.717, 1.165) is 38.5 Å². The minimum Gasteiger partial charge on any atom is -0.381 e. The predicted octanol–water partition coefficient (Wildman–Crippen LogP) is 3.13. The van der Waals surface area contributed by atoms with Gasteiger partial charge in [-0.05, 0) is 31.6 Å². The fourth-order valence-corrected chi connectivity index (χ4v) is 3.46. The van der Waals surface area contributed by atoms with Gasteiger partial charge < -0.3 is 14.8 Å². The number of hydrogen-bond donors (Lipinski definition) is 1. The molecule has 3 heteroatoms. The lowest BCUT2D eigenvalue weighted by atomic mass is 9.78. The van der Waals surface area contributed by atoms with E-state index >= 15 is 0 Å². The van der Waals surface area contributed by atoms with Gasteiger partial charge in [0.15, 0.2) is 0 Å². The van der Waals surface area contributed by atoms with Gasteiger partial charge in [-0.1, -0.05) is 33.6 Å². The molecule has 112 valence electrons. The fourth-order valence-electron chi connectivity index (χ4n) is 3.46. The number of nitrogens with one attached hydrogen (secondary N) is 1. The van der Waals surface area contributed by atoms with Crippen molar-refractivity contribution in [3.8, 4) is 0 Å². The minimum absolute atomic E-state index is 0.0734. The number of ether oxygens (including phenoxy) is 2. The quantitative estimate of drug-likeness (QED) is 0.832. The first-order chi connectivity index (χ1) is 9.10. The number of rotatable bonds is 5. The molecule has 2 unspecified atom stereocenters. The summed E-state index contributed by atoms with van der Waals surface area (Å²) in [5.41, 5.74) is 0.0734. The fraction of sp³-hybridized carbons (Fsp3) is 1.00. The van der Waals surface area contributed by atoms with E-state index in [4.69, 9.17) is 9.47 Å². The van der Waals surface area contributed by atoms with E-state index in [-0.39, 0.29) is 5.60 Å². The van der Waals surface area contributed by atoms with Gasteiger partial charge in [0.25, 0.3) is 0 Å². The largest absolute Gasteiger partial charge is 0.381 e. The van der Waals surface area contributed by atoms with Crippen molar-refractivity contribution in [3.63, 3.8) is 0 Å². The van der Waals surface area contributed by atoms with Crippen LogP contribution in [-0.2, 0) is 9.47 Å². The zero-order valence-electron chi connectivity index (χ0n) is 12.9. The Bertz CT molecular complexity index is 263. The second-order valence-corrected chi connectivity index (χ2v) is 6.85. The van der Waals surface area contributed by atoms with Crippen molar-refractivity contribution in [2.24, 2.45) is 5.92 Å². The Morgan fingerprint density at radius 1 is 1.26 bits per heavy atom. The normalized spacial score (nSPS) is 33.8. The highest BCUT2D eigenvalue weighted by molar-refractivity contribution is 4.91. The summed E-state index contributed by atoms with van der Waals surface area (Å²) in [5.74, 6) is 0.794. The van der Waals surface area contributed by atoms with Crippen LogP contribution in [0.5, 0.6) is 0 Å². The third-order valence-corrected chi connectivity index (χ3v) is 4.47. The van der Waals surface area contributed by atoms with E-state index < -0.39 is 0 Å². The molecule has 1 N–H and O–H groups in total. The standard InChI is InChI=1S/C16H31NO2/c1-13(2)17-12-16(8-4-5-14(3)11-16)19-15-6-9-18-10-7-15/h13-15,17H,4-12H2,1-3H3. The molecule has 3 nitrogen and oxygen atoms in total. The van der Waals surface area contributed by atoms with Crippen LogP contribution in [0, 0.1) is 5.92 Å².